The molecule has 1 amide bonds. The summed E-state index contributed by atoms with van der Waals surface area (Å²) in [5.41, 5.74) is 0.892. The monoisotopic (exact) mass is 266 g/mol. The Balaban J connectivity index is 1.86. The van der Waals surface area contributed by atoms with Crippen LogP contribution in [0.15, 0.2) is 24.3 Å². The van der Waals surface area contributed by atoms with Gasteiger partial charge in [0.2, 0.25) is 5.91 Å². The molecule has 1 fully saturated rings. The second-order valence-electron chi connectivity index (χ2n) is 4.71. The Bertz CT molecular complexity index is 401. The van der Waals surface area contributed by atoms with Crippen molar-refractivity contribution >= 4 is 17.5 Å². The summed E-state index contributed by atoms with van der Waals surface area (Å²) >= 11 is 6.05. The van der Waals surface area contributed by atoms with Crippen molar-refractivity contribution in [3.8, 4) is 0 Å². The molecule has 4 heteroatoms. The predicted octanol–water partition coefficient (Wildman–Crippen LogP) is 2.14. The SMILES string of the molecule is O=C(Cc1ccccc1Cl)NC1CCCNCC1. The van der Waals surface area contributed by atoms with Crippen LogP contribution in [-0.2, 0) is 11.2 Å². The number of carbonyl (C=O) groups excluding carboxylic acids is 1. The zero-order valence-corrected chi connectivity index (χ0v) is 11.2. The zero-order chi connectivity index (χ0) is 12.8. The minimum atomic E-state index is 0.0648. The van der Waals surface area contributed by atoms with Crippen LogP contribution in [0.2, 0.25) is 5.02 Å². The van der Waals surface area contributed by atoms with Gasteiger partial charge in [0.15, 0.2) is 0 Å². The summed E-state index contributed by atoms with van der Waals surface area (Å²) in [4.78, 5) is 12.0. The van der Waals surface area contributed by atoms with Crippen molar-refractivity contribution in [1.29, 1.82) is 0 Å². The van der Waals surface area contributed by atoms with Gasteiger partial charge in [0.25, 0.3) is 0 Å². The molecule has 0 aliphatic carbocycles. The lowest BCUT2D eigenvalue weighted by molar-refractivity contribution is -0.121. The van der Waals surface area contributed by atoms with E-state index in [1.807, 2.05) is 24.3 Å². The first-order valence-corrected chi connectivity index (χ1v) is 6.87. The Morgan fingerprint density at radius 1 is 1.33 bits per heavy atom. The molecule has 1 aliphatic heterocycles. The van der Waals surface area contributed by atoms with Crippen molar-refractivity contribution in [3.05, 3.63) is 34.9 Å². The highest BCUT2D eigenvalue weighted by Gasteiger charge is 2.15. The summed E-state index contributed by atoms with van der Waals surface area (Å²) in [6, 6.07) is 7.80. The molecule has 1 aromatic carbocycles. The summed E-state index contributed by atoms with van der Waals surface area (Å²) in [5.74, 6) is 0.0648. The average molecular weight is 267 g/mol. The Labute approximate surface area is 113 Å². The number of nitrogens with one attached hydrogen (secondary N) is 2. The molecule has 0 aromatic heterocycles. The van der Waals surface area contributed by atoms with Gasteiger partial charge in [-0.2, -0.15) is 0 Å². The van der Waals surface area contributed by atoms with Crippen LogP contribution in [0.5, 0.6) is 0 Å². The maximum absolute atomic E-state index is 12.0. The van der Waals surface area contributed by atoms with E-state index in [2.05, 4.69) is 10.6 Å². The summed E-state index contributed by atoms with van der Waals surface area (Å²) in [6.07, 6.45) is 3.55. The van der Waals surface area contributed by atoms with Gasteiger partial charge in [0, 0.05) is 11.1 Å². The maximum atomic E-state index is 12.0. The molecule has 1 unspecified atom stereocenters. The van der Waals surface area contributed by atoms with E-state index in [-0.39, 0.29) is 5.91 Å². The van der Waals surface area contributed by atoms with E-state index in [4.69, 9.17) is 11.6 Å². The fourth-order valence-electron chi connectivity index (χ4n) is 2.26. The number of amides is 1. The zero-order valence-electron chi connectivity index (χ0n) is 10.4. The molecule has 1 aliphatic rings. The van der Waals surface area contributed by atoms with Gasteiger partial charge in [-0.05, 0) is 44.0 Å². The predicted molar refractivity (Wildman–Crippen MR) is 73.8 cm³/mol. The van der Waals surface area contributed by atoms with Gasteiger partial charge in [-0.25, -0.2) is 0 Å². The van der Waals surface area contributed by atoms with E-state index in [1.165, 1.54) is 0 Å². The number of carbonyl (C=O) groups is 1. The first kappa shape index (κ1) is 13.4. The smallest absolute Gasteiger partial charge is 0.224 e. The Morgan fingerprint density at radius 3 is 3.00 bits per heavy atom. The van der Waals surface area contributed by atoms with Crippen molar-refractivity contribution < 1.29 is 4.79 Å². The van der Waals surface area contributed by atoms with Crippen molar-refractivity contribution in [2.24, 2.45) is 0 Å². The number of hydrogen-bond donors (Lipinski definition) is 2. The summed E-state index contributed by atoms with van der Waals surface area (Å²) < 4.78 is 0. The maximum Gasteiger partial charge on any atom is 0.224 e. The first-order valence-electron chi connectivity index (χ1n) is 6.49. The Kier molecular flexibility index (Phi) is 5.02. The van der Waals surface area contributed by atoms with Crippen molar-refractivity contribution in [3.63, 3.8) is 0 Å². The van der Waals surface area contributed by atoms with Gasteiger partial charge in [-0.15, -0.1) is 0 Å². The van der Waals surface area contributed by atoms with Gasteiger partial charge < -0.3 is 10.6 Å². The second-order valence-corrected chi connectivity index (χ2v) is 5.12. The Hall–Kier alpha value is -1.06. The minimum Gasteiger partial charge on any atom is -0.353 e. The van der Waals surface area contributed by atoms with E-state index in [0.29, 0.717) is 17.5 Å². The van der Waals surface area contributed by atoms with Crippen molar-refractivity contribution in [2.45, 2.75) is 31.7 Å². The van der Waals surface area contributed by atoms with Crippen LogP contribution in [-0.4, -0.2) is 25.0 Å². The van der Waals surface area contributed by atoms with E-state index < -0.39 is 0 Å². The van der Waals surface area contributed by atoms with Crippen molar-refractivity contribution in [1.82, 2.24) is 10.6 Å². The quantitative estimate of drug-likeness (QED) is 0.880. The van der Waals surface area contributed by atoms with Gasteiger partial charge in [-0.3, -0.25) is 4.79 Å². The third-order valence-electron chi connectivity index (χ3n) is 3.25. The number of rotatable bonds is 3. The number of hydrogen-bond acceptors (Lipinski definition) is 2. The molecule has 2 rings (SSSR count). The number of halogens is 1. The molecule has 18 heavy (non-hydrogen) atoms. The molecule has 0 radical (unpaired) electrons. The van der Waals surface area contributed by atoms with E-state index >= 15 is 0 Å². The molecular weight excluding hydrogens is 248 g/mol. The minimum absolute atomic E-state index is 0.0648. The molecule has 98 valence electrons. The van der Waals surface area contributed by atoms with Crippen LogP contribution in [0.25, 0.3) is 0 Å². The second kappa shape index (κ2) is 6.76. The third-order valence-corrected chi connectivity index (χ3v) is 3.62. The highest BCUT2D eigenvalue weighted by atomic mass is 35.5. The molecule has 0 saturated carbocycles. The summed E-state index contributed by atoms with van der Waals surface area (Å²) in [7, 11) is 0. The summed E-state index contributed by atoms with van der Waals surface area (Å²) in [6.45, 7) is 2.04. The lowest BCUT2D eigenvalue weighted by Gasteiger charge is -2.16. The van der Waals surface area contributed by atoms with Crippen molar-refractivity contribution in [2.75, 3.05) is 13.1 Å². The average Bonchev–Trinajstić information content (AvgIpc) is 2.61. The van der Waals surface area contributed by atoms with Gasteiger partial charge in [0.05, 0.1) is 6.42 Å². The Morgan fingerprint density at radius 2 is 2.17 bits per heavy atom. The lowest BCUT2D eigenvalue weighted by Crippen LogP contribution is -2.36. The lowest BCUT2D eigenvalue weighted by atomic mass is 10.1. The standard InChI is InChI=1S/C14H19ClN2O/c15-13-6-2-1-4-11(13)10-14(18)17-12-5-3-8-16-9-7-12/h1-2,4,6,12,16H,3,5,7-10H2,(H,17,18). The molecular formula is C14H19ClN2O. The first-order chi connectivity index (χ1) is 8.75. The van der Waals surface area contributed by atoms with E-state index in [9.17, 15) is 4.79 Å². The van der Waals surface area contributed by atoms with Crippen LogP contribution in [0, 0.1) is 0 Å². The molecule has 2 N–H and O–H groups in total. The van der Waals surface area contributed by atoms with Crippen LogP contribution in [0.4, 0.5) is 0 Å². The fraction of sp³-hybridized carbons (Fsp3) is 0.500. The summed E-state index contributed by atoms with van der Waals surface area (Å²) in [5, 5.41) is 7.10. The van der Waals surface area contributed by atoms with E-state index in [1.54, 1.807) is 0 Å². The van der Waals surface area contributed by atoms with Crippen LogP contribution >= 0.6 is 11.6 Å². The molecule has 1 heterocycles. The molecule has 3 nitrogen and oxygen atoms in total. The largest absolute Gasteiger partial charge is 0.353 e. The topological polar surface area (TPSA) is 41.1 Å². The molecule has 1 saturated heterocycles. The normalized spacial score (nSPS) is 20.2. The highest BCUT2D eigenvalue weighted by Crippen LogP contribution is 2.15. The number of benzene rings is 1. The highest BCUT2D eigenvalue weighted by molar-refractivity contribution is 6.31. The molecule has 0 spiro atoms. The van der Waals surface area contributed by atoms with Gasteiger partial charge in [-0.1, -0.05) is 29.8 Å². The van der Waals surface area contributed by atoms with Crippen LogP contribution in [0.3, 0.4) is 0 Å². The van der Waals surface area contributed by atoms with Gasteiger partial charge in [0.1, 0.15) is 0 Å². The molecule has 1 atom stereocenters. The fourth-order valence-corrected chi connectivity index (χ4v) is 2.46. The van der Waals surface area contributed by atoms with Crippen LogP contribution in [0.1, 0.15) is 24.8 Å². The third kappa shape index (κ3) is 4.00. The van der Waals surface area contributed by atoms with E-state index in [0.717, 1.165) is 37.9 Å². The van der Waals surface area contributed by atoms with Crippen LogP contribution < -0.4 is 10.6 Å². The van der Waals surface area contributed by atoms with Gasteiger partial charge >= 0.3 is 0 Å². The molecule has 1 aromatic rings. The molecule has 0 bridgehead atoms.